The first kappa shape index (κ1) is 28.0. The summed E-state index contributed by atoms with van der Waals surface area (Å²) in [6, 6.07) is 14.2. The molecule has 4 aromatic rings. The van der Waals surface area contributed by atoms with Gasteiger partial charge in [0, 0.05) is 68.0 Å². The number of hydrogen-bond donors (Lipinski definition) is 1. The summed E-state index contributed by atoms with van der Waals surface area (Å²) in [4.78, 5) is 17.4. The van der Waals surface area contributed by atoms with Crippen LogP contribution in [0.2, 0.25) is 5.02 Å². The Morgan fingerprint density at radius 3 is 2.23 bits per heavy atom. The van der Waals surface area contributed by atoms with E-state index in [-0.39, 0.29) is 17.0 Å². The molecule has 210 valence electrons. The molecule has 1 aliphatic rings. The molecule has 8 heteroatoms. The second-order valence-electron chi connectivity index (χ2n) is 11.4. The Balaban J connectivity index is 1.52. The fourth-order valence-corrected chi connectivity index (χ4v) is 5.86. The van der Waals surface area contributed by atoms with E-state index in [2.05, 4.69) is 36.6 Å². The van der Waals surface area contributed by atoms with E-state index in [4.69, 9.17) is 11.6 Å². The van der Waals surface area contributed by atoms with Crippen molar-refractivity contribution in [2.75, 3.05) is 31.1 Å². The maximum absolute atomic E-state index is 15.1. The number of nitrogens with zero attached hydrogens (tertiary/aromatic N) is 4. The van der Waals surface area contributed by atoms with Crippen LogP contribution in [0.25, 0.3) is 27.9 Å². The number of phenolic OH excluding ortho intramolecular Hbond substituents is 1. The van der Waals surface area contributed by atoms with Crippen LogP contribution in [0.5, 0.6) is 5.75 Å². The number of benzene rings is 3. The van der Waals surface area contributed by atoms with E-state index in [1.807, 2.05) is 31.2 Å². The van der Waals surface area contributed by atoms with Gasteiger partial charge < -0.3 is 14.6 Å². The molecule has 5 rings (SSSR count). The Kier molecular flexibility index (Phi) is 7.55. The van der Waals surface area contributed by atoms with E-state index < -0.39 is 5.82 Å². The summed E-state index contributed by atoms with van der Waals surface area (Å²) in [5.74, 6) is -0.469. The molecule has 0 amide bonds. The van der Waals surface area contributed by atoms with Crippen molar-refractivity contribution in [1.29, 1.82) is 0 Å². The minimum Gasteiger partial charge on any atom is -0.507 e. The highest BCUT2D eigenvalue weighted by molar-refractivity contribution is 6.33. The van der Waals surface area contributed by atoms with E-state index in [1.165, 1.54) is 21.3 Å². The normalized spacial score (nSPS) is 14.6. The zero-order valence-corrected chi connectivity index (χ0v) is 24.5. The van der Waals surface area contributed by atoms with Gasteiger partial charge in [0.05, 0.1) is 10.7 Å². The molecule has 2 heterocycles. The predicted octanol–water partition coefficient (Wildman–Crippen LogP) is 6.49. The minimum absolute atomic E-state index is 0.0150. The van der Waals surface area contributed by atoms with Crippen LogP contribution in [0.15, 0.2) is 65.7 Å². The lowest BCUT2D eigenvalue weighted by Crippen LogP contribution is -2.53. The van der Waals surface area contributed by atoms with Gasteiger partial charge in [-0.15, -0.1) is 0 Å². The molecule has 0 radical (unpaired) electrons. The van der Waals surface area contributed by atoms with Crippen molar-refractivity contribution < 1.29 is 9.50 Å². The molecule has 0 bridgehead atoms. The Hall–Kier alpha value is -3.55. The van der Waals surface area contributed by atoms with E-state index in [0.29, 0.717) is 33.8 Å². The standard InChI is InChI=1S/C32H36ClFN4O2/c1-6-21-16-23(18-28(33)29(21)38-15-10-35(5)31(38)40)27-20-24(34)19-26(30(27)39)22-8-7-9-25(17-22)36-11-13-37(14-12-36)32(2,3)4/h7-10,15-20,39H,6,11-14H2,1-5H3. The lowest BCUT2D eigenvalue weighted by atomic mass is 9.94. The zero-order valence-electron chi connectivity index (χ0n) is 23.7. The molecule has 1 fully saturated rings. The van der Waals surface area contributed by atoms with E-state index in [1.54, 1.807) is 25.5 Å². The Bertz CT molecular complexity index is 1610. The maximum Gasteiger partial charge on any atom is 0.332 e. The van der Waals surface area contributed by atoms with Gasteiger partial charge in [-0.1, -0.05) is 30.7 Å². The van der Waals surface area contributed by atoms with Crippen molar-refractivity contribution in [3.63, 3.8) is 0 Å². The average molecular weight is 563 g/mol. The SMILES string of the molecule is CCc1cc(-c2cc(F)cc(-c3cccc(N4CCN(C(C)(C)C)CC4)c3)c2O)cc(Cl)c1-n1ccn(C)c1=O. The van der Waals surface area contributed by atoms with Gasteiger partial charge in [0.15, 0.2) is 0 Å². The molecule has 0 unspecified atom stereocenters. The van der Waals surface area contributed by atoms with Crippen LogP contribution in [0.3, 0.4) is 0 Å². The van der Waals surface area contributed by atoms with E-state index in [9.17, 15) is 9.90 Å². The average Bonchev–Trinajstić information content (AvgIpc) is 3.26. The minimum atomic E-state index is -0.454. The molecule has 40 heavy (non-hydrogen) atoms. The van der Waals surface area contributed by atoms with Crippen molar-refractivity contribution >= 4 is 17.3 Å². The molecule has 3 aromatic carbocycles. The summed E-state index contributed by atoms with van der Waals surface area (Å²) < 4.78 is 18.1. The van der Waals surface area contributed by atoms with Crippen molar-refractivity contribution in [1.82, 2.24) is 14.0 Å². The molecule has 1 N–H and O–H groups in total. The van der Waals surface area contributed by atoms with Gasteiger partial charge in [-0.25, -0.2) is 9.18 Å². The Morgan fingerprint density at radius 1 is 0.950 bits per heavy atom. The Labute approximate surface area is 239 Å². The molecular formula is C32H36ClFN4O2. The molecule has 6 nitrogen and oxygen atoms in total. The highest BCUT2D eigenvalue weighted by Gasteiger charge is 2.26. The summed E-state index contributed by atoms with van der Waals surface area (Å²) in [7, 11) is 1.68. The number of aromatic nitrogens is 2. The summed E-state index contributed by atoms with van der Waals surface area (Å²) in [6.07, 6.45) is 3.95. The van der Waals surface area contributed by atoms with Gasteiger partial charge in [-0.05, 0) is 80.3 Å². The van der Waals surface area contributed by atoms with E-state index >= 15 is 4.39 Å². The van der Waals surface area contributed by atoms with Gasteiger partial charge >= 0.3 is 5.69 Å². The number of rotatable bonds is 5. The molecular weight excluding hydrogens is 527 g/mol. The molecule has 0 spiro atoms. The highest BCUT2D eigenvalue weighted by Crippen LogP contribution is 2.42. The summed E-state index contributed by atoms with van der Waals surface area (Å²) in [5.41, 5.74) is 4.47. The largest absolute Gasteiger partial charge is 0.507 e. The third-order valence-corrected chi connectivity index (χ3v) is 8.14. The molecule has 1 aliphatic heterocycles. The number of imidazole rings is 1. The fraction of sp³-hybridized carbons (Fsp3) is 0.344. The van der Waals surface area contributed by atoms with Crippen molar-refractivity contribution in [3.05, 3.63) is 87.8 Å². The summed E-state index contributed by atoms with van der Waals surface area (Å²) in [6.45, 7) is 12.4. The number of hydrogen-bond acceptors (Lipinski definition) is 4. The van der Waals surface area contributed by atoms with Crippen LogP contribution in [-0.4, -0.2) is 50.9 Å². The van der Waals surface area contributed by atoms with Crippen LogP contribution in [0, 0.1) is 5.82 Å². The summed E-state index contributed by atoms with van der Waals surface area (Å²) >= 11 is 6.72. The monoisotopic (exact) mass is 562 g/mol. The van der Waals surface area contributed by atoms with Gasteiger partial charge in [0.2, 0.25) is 0 Å². The van der Waals surface area contributed by atoms with Crippen molar-refractivity contribution in [3.8, 4) is 33.7 Å². The highest BCUT2D eigenvalue weighted by atomic mass is 35.5. The number of phenols is 1. The molecule has 0 saturated carbocycles. The maximum atomic E-state index is 15.1. The van der Waals surface area contributed by atoms with Gasteiger partial charge in [-0.2, -0.15) is 0 Å². The smallest absolute Gasteiger partial charge is 0.332 e. The number of piperazine rings is 1. The van der Waals surface area contributed by atoms with Crippen molar-refractivity contribution in [2.45, 2.75) is 39.7 Å². The molecule has 0 atom stereocenters. The quantitative estimate of drug-likeness (QED) is 0.302. The van der Waals surface area contributed by atoms with Crippen LogP contribution < -0.4 is 10.6 Å². The van der Waals surface area contributed by atoms with Crippen LogP contribution in [0.1, 0.15) is 33.3 Å². The number of anilines is 1. The molecule has 1 saturated heterocycles. The lowest BCUT2D eigenvalue weighted by Gasteiger charge is -2.43. The topological polar surface area (TPSA) is 53.6 Å². The lowest BCUT2D eigenvalue weighted by molar-refractivity contribution is 0.128. The van der Waals surface area contributed by atoms with Crippen LogP contribution in [0.4, 0.5) is 10.1 Å². The first-order chi connectivity index (χ1) is 19.0. The second-order valence-corrected chi connectivity index (χ2v) is 11.8. The number of halogens is 2. The second kappa shape index (κ2) is 10.8. The van der Waals surface area contributed by atoms with Crippen molar-refractivity contribution in [2.24, 2.45) is 7.05 Å². The first-order valence-electron chi connectivity index (χ1n) is 13.7. The third-order valence-electron chi connectivity index (χ3n) is 7.85. The number of aromatic hydroxyl groups is 1. The molecule has 1 aromatic heterocycles. The first-order valence-corrected chi connectivity index (χ1v) is 14.1. The van der Waals surface area contributed by atoms with Gasteiger partial charge in [0.1, 0.15) is 11.6 Å². The predicted molar refractivity (Wildman–Crippen MR) is 161 cm³/mol. The number of aryl methyl sites for hydroxylation is 2. The summed E-state index contributed by atoms with van der Waals surface area (Å²) in [5, 5.41) is 11.8. The Morgan fingerprint density at radius 2 is 1.62 bits per heavy atom. The fourth-order valence-electron chi connectivity index (χ4n) is 5.53. The zero-order chi connectivity index (χ0) is 28.8. The van der Waals surface area contributed by atoms with E-state index in [0.717, 1.165) is 43.0 Å². The van der Waals surface area contributed by atoms with Crippen LogP contribution >= 0.6 is 11.6 Å². The van der Waals surface area contributed by atoms with Gasteiger partial charge in [0.25, 0.3) is 0 Å². The van der Waals surface area contributed by atoms with Gasteiger partial charge in [-0.3, -0.25) is 9.47 Å². The van der Waals surface area contributed by atoms with Crippen LogP contribution in [-0.2, 0) is 13.5 Å². The third kappa shape index (κ3) is 5.28. The molecule has 0 aliphatic carbocycles.